The van der Waals surface area contributed by atoms with Gasteiger partial charge in [0.25, 0.3) is 0 Å². The van der Waals surface area contributed by atoms with Gasteiger partial charge in [-0.25, -0.2) is 0 Å². The van der Waals surface area contributed by atoms with Crippen molar-refractivity contribution in [1.29, 1.82) is 0 Å². The molecule has 0 aliphatic heterocycles. The number of carbonyl (C=O) groups is 1. The van der Waals surface area contributed by atoms with E-state index in [1.54, 1.807) is 24.4 Å². The first-order valence-corrected chi connectivity index (χ1v) is 5.77. The number of halogens is 1. The van der Waals surface area contributed by atoms with Crippen molar-refractivity contribution in [2.45, 2.75) is 6.42 Å². The quantitative estimate of drug-likeness (QED) is 0.834. The molecule has 0 saturated carbocycles. The molecule has 4 nitrogen and oxygen atoms in total. The monoisotopic (exact) mass is 261 g/mol. The van der Waals surface area contributed by atoms with Crippen molar-refractivity contribution in [2.75, 3.05) is 11.1 Å². The van der Waals surface area contributed by atoms with Gasteiger partial charge >= 0.3 is 0 Å². The summed E-state index contributed by atoms with van der Waals surface area (Å²) < 4.78 is 0. The van der Waals surface area contributed by atoms with Crippen LogP contribution in [0.15, 0.2) is 42.7 Å². The number of amides is 1. The van der Waals surface area contributed by atoms with Crippen molar-refractivity contribution in [2.24, 2.45) is 0 Å². The van der Waals surface area contributed by atoms with Crippen molar-refractivity contribution in [3.8, 4) is 0 Å². The van der Waals surface area contributed by atoms with Crippen LogP contribution in [0.25, 0.3) is 0 Å². The van der Waals surface area contributed by atoms with Crippen molar-refractivity contribution in [3.05, 3.63) is 53.3 Å². The van der Waals surface area contributed by atoms with Crippen molar-refractivity contribution >= 4 is 28.9 Å². The molecule has 92 valence electrons. The van der Waals surface area contributed by atoms with Crippen LogP contribution < -0.4 is 11.1 Å². The summed E-state index contributed by atoms with van der Waals surface area (Å²) in [7, 11) is 0. The second kappa shape index (κ2) is 5.51. The number of hydrogen-bond acceptors (Lipinski definition) is 3. The standard InChI is InChI=1S/C13H12ClN3O/c14-11-5-6-16-8-12(11)17-13(18)7-9-1-3-10(15)4-2-9/h1-6,8H,7,15H2,(H,17,18). The topological polar surface area (TPSA) is 68.0 Å². The Hall–Kier alpha value is -2.07. The number of anilines is 2. The molecule has 5 heteroatoms. The minimum Gasteiger partial charge on any atom is -0.399 e. The number of hydrogen-bond donors (Lipinski definition) is 2. The van der Waals surface area contributed by atoms with Crippen LogP contribution in [0, 0.1) is 0 Å². The summed E-state index contributed by atoms with van der Waals surface area (Å²) in [6.07, 6.45) is 3.35. The van der Waals surface area contributed by atoms with Crippen molar-refractivity contribution in [1.82, 2.24) is 4.98 Å². The van der Waals surface area contributed by atoms with E-state index in [0.29, 0.717) is 16.4 Å². The maximum Gasteiger partial charge on any atom is 0.228 e. The van der Waals surface area contributed by atoms with E-state index in [1.807, 2.05) is 12.1 Å². The smallest absolute Gasteiger partial charge is 0.228 e. The zero-order valence-electron chi connectivity index (χ0n) is 9.56. The SMILES string of the molecule is Nc1ccc(CC(=O)Nc2cnccc2Cl)cc1. The fraction of sp³-hybridized carbons (Fsp3) is 0.0769. The summed E-state index contributed by atoms with van der Waals surface area (Å²) in [5, 5.41) is 3.18. The molecule has 0 saturated heterocycles. The van der Waals surface area contributed by atoms with E-state index in [4.69, 9.17) is 17.3 Å². The highest BCUT2D eigenvalue weighted by Gasteiger charge is 2.06. The Kier molecular flexibility index (Phi) is 3.79. The third-order valence-electron chi connectivity index (χ3n) is 2.39. The molecule has 18 heavy (non-hydrogen) atoms. The van der Waals surface area contributed by atoms with Crippen LogP contribution in [-0.4, -0.2) is 10.9 Å². The van der Waals surface area contributed by atoms with Crippen LogP contribution in [-0.2, 0) is 11.2 Å². The van der Waals surface area contributed by atoms with Gasteiger partial charge in [-0.1, -0.05) is 23.7 Å². The molecule has 1 aromatic carbocycles. The minimum absolute atomic E-state index is 0.144. The number of rotatable bonds is 3. The van der Waals surface area contributed by atoms with Gasteiger partial charge in [-0.15, -0.1) is 0 Å². The van der Waals surface area contributed by atoms with Gasteiger partial charge in [-0.2, -0.15) is 0 Å². The molecule has 0 unspecified atom stereocenters. The van der Waals surface area contributed by atoms with Crippen molar-refractivity contribution < 1.29 is 4.79 Å². The Morgan fingerprint density at radius 1 is 1.28 bits per heavy atom. The first-order chi connectivity index (χ1) is 8.65. The molecular formula is C13H12ClN3O. The number of aromatic nitrogens is 1. The summed E-state index contributed by atoms with van der Waals surface area (Å²) in [5.41, 5.74) is 7.65. The van der Waals surface area contributed by atoms with Gasteiger partial charge in [0, 0.05) is 11.9 Å². The summed E-state index contributed by atoms with van der Waals surface area (Å²) in [4.78, 5) is 15.7. The van der Waals surface area contributed by atoms with Gasteiger partial charge in [0.05, 0.1) is 23.3 Å². The highest BCUT2D eigenvalue weighted by Crippen LogP contribution is 2.19. The van der Waals surface area contributed by atoms with Crippen LogP contribution >= 0.6 is 11.6 Å². The lowest BCUT2D eigenvalue weighted by Crippen LogP contribution is -2.14. The molecule has 0 fully saturated rings. The molecule has 0 spiro atoms. The number of nitrogens with two attached hydrogens (primary N) is 1. The Labute approximate surface area is 110 Å². The maximum absolute atomic E-state index is 11.8. The third-order valence-corrected chi connectivity index (χ3v) is 2.72. The highest BCUT2D eigenvalue weighted by atomic mass is 35.5. The average molecular weight is 262 g/mol. The molecule has 2 rings (SSSR count). The lowest BCUT2D eigenvalue weighted by atomic mass is 10.1. The van der Waals surface area contributed by atoms with E-state index in [-0.39, 0.29) is 12.3 Å². The highest BCUT2D eigenvalue weighted by molar-refractivity contribution is 6.33. The van der Waals surface area contributed by atoms with Gasteiger partial charge in [0.2, 0.25) is 5.91 Å². The largest absolute Gasteiger partial charge is 0.399 e. The van der Waals surface area contributed by atoms with Crippen LogP contribution in [0.3, 0.4) is 0 Å². The van der Waals surface area contributed by atoms with E-state index >= 15 is 0 Å². The zero-order valence-corrected chi connectivity index (χ0v) is 10.3. The Morgan fingerprint density at radius 3 is 2.67 bits per heavy atom. The molecule has 0 aliphatic rings. The van der Waals surface area contributed by atoms with E-state index < -0.39 is 0 Å². The molecular weight excluding hydrogens is 250 g/mol. The molecule has 0 radical (unpaired) electrons. The lowest BCUT2D eigenvalue weighted by molar-refractivity contribution is -0.115. The molecule has 0 aliphatic carbocycles. The normalized spacial score (nSPS) is 10.1. The number of nitrogens with zero attached hydrogens (tertiary/aromatic N) is 1. The predicted octanol–water partition coefficient (Wildman–Crippen LogP) is 2.50. The van der Waals surface area contributed by atoms with E-state index in [0.717, 1.165) is 5.56 Å². The van der Waals surface area contributed by atoms with Crippen molar-refractivity contribution in [3.63, 3.8) is 0 Å². The fourth-order valence-electron chi connectivity index (χ4n) is 1.48. The Morgan fingerprint density at radius 2 is 2.00 bits per heavy atom. The molecule has 1 aromatic heterocycles. The Balaban J connectivity index is 2.01. The van der Waals surface area contributed by atoms with Gasteiger partial charge in [-0.3, -0.25) is 9.78 Å². The van der Waals surface area contributed by atoms with E-state index in [9.17, 15) is 4.79 Å². The number of pyridine rings is 1. The van der Waals surface area contributed by atoms with E-state index in [2.05, 4.69) is 10.3 Å². The number of nitrogen functional groups attached to an aromatic ring is 1. The average Bonchev–Trinajstić information content (AvgIpc) is 2.35. The van der Waals surface area contributed by atoms with Crippen LogP contribution in [0.4, 0.5) is 11.4 Å². The maximum atomic E-state index is 11.8. The first kappa shape index (κ1) is 12.4. The third kappa shape index (κ3) is 3.21. The first-order valence-electron chi connectivity index (χ1n) is 5.39. The van der Waals surface area contributed by atoms with E-state index in [1.165, 1.54) is 6.20 Å². The minimum atomic E-state index is -0.144. The second-order valence-corrected chi connectivity index (χ2v) is 4.23. The summed E-state index contributed by atoms with van der Waals surface area (Å²) in [6, 6.07) is 8.79. The van der Waals surface area contributed by atoms with Crippen LogP contribution in [0.1, 0.15) is 5.56 Å². The summed E-state index contributed by atoms with van der Waals surface area (Å²) >= 11 is 5.92. The number of benzene rings is 1. The fourth-order valence-corrected chi connectivity index (χ4v) is 1.64. The molecule has 1 heterocycles. The molecule has 1 amide bonds. The van der Waals surface area contributed by atoms with Gasteiger partial charge < -0.3 is 11.1 Å². The Bertz CT molecular complexity index is 554. The van der Waals surface area contributed by atoms with Gasteiger partial charge in [-0.05, 0) is 23.8 Å². The molecule has 3 N–H and O–H groups in total. The number of nitrogens with one attached hydrogen (secondary N) is 1. The van der Waals surface area contributed by atoms with Gasteiger partial charge in [0.15, 0.2) is 0 Å². The van der Waals surface area contributed by atoms with Crippen LogP contribution in [0.2, 0.25) is 5.02 Å². The molecule has 0 atom stereocenters. The summed E-state index contributed by atoms with van der Waals surface area (Å²) in [6.45, 7) is 0. The van der Waals surface area contributed by atoms with Gasteiger partial charge in [0.1, 0.15) is 0 Å². The predicted molar refractivity (Wildman–Crippen MR) is 72.4 cm³/mol. The summed E-state index contributed by atoms with van der Waals surface area (Å²) in [5.74, 6) is -0.144. The number of carbonyl (C=O) groups excluding carboxylic acids is 1. The molecule has 2 aromatic rings. The molecule has 0 bridgehead atoms. The van der Waals surface area contributed by atoms with Crippen LogP contribution in [0.5, 0.6) is 0 Å². The lowest BCUT2D eigenvalue weighted by Gasteiger charge is -2.06. The second-order valence-electron chi connectivity index (χ2n) is 3.82. The zero-order chi connectivity index (χ0) is 13.0.